The van der Waals surface area contributed by atoms with Crippen LogP contribution in [-0.4, -0.2) is 39.5 Å². The molecule has 0 aromatic carbocycles. The van der Waals surface area contributed by atoms with E-state index in [1.165, 1.54) is 12.8 Å². The molecule has 0 amide bonds. The second kappa shape index (κ2) is 5.76. The van der Waals surface area contributed by atoms with Gasteiger partial charge >= 0.3 is 0 Å². The van der Waals surface area contributed by atoms with E-state index in [0.29, 0.717) is 6.04 Å². The van der Waals surface area contributed by atoms with E-state index in [4.69, 9.17) is 0 Å². The average molecular weight is 248 g/mol. The van der Waals surface area contributed by atoms with Gasteiger partial charge in [0.15, 0.2) is 0 Å². The Balaban J connectivity index is 2.03. The largest absolute Gasteiger partial charge is 0.311 e. The fraction of sp³-hybridized carbons (Fsp3) is 0.714. The molecular formula is C14H24N4. The molecule has 1 fully saturated rings. The number of piperazine rings is 1. The van der Waals surface area contributed by atoms with Crippen LogP contribution in [-0.2, 0) is 6.54 Å². The van der Waals surface area contributed by atoms with E-state index in [0.717, 1.165) is 25.5 Å². The Kier molecular flexibility index (Phi) is 4.30. The molecule has 4 heteroatoms. The monoisotopic (exact) mass is 248 g/mol. The minimum Gasteiger partial charge on any atom is -0.311 e. The molecular weight excluding hydrogens is 224 g/mol. The Morgan fingerprint density at radius 3 is 2.78 bits per heavy atom. The van der Waals surface area contributed by atoms with Gasteiger partial charge < -0.3 is 5.32 Å². The molecule has 1 unspecified atom stereocenters. The Labute approximate surface area is 110 Å². The quantitative estimate of drug-likeness (QED) is 0.882. The van der Waals surface area contributed by atoms with Crippen LogP contribution in [0.25, 0.3) is 0 Å². The molecule has 1 atom stereocenters. The van der Waals surface area contributed by atoms with Gasteiger partial charge in [0.2, 0.25) is 0 Å². The summed E-state index contributed by atoms with van der Waals surface area (Å²) in [5, 5.41) is 3.64. The number of nitrogens with one attached hydrogen (secondary N) is 1. The van der Waals surface area contributed by atoms with E-state index >= 15 is 0 Å². The molecule has 1 saturated heterocycles. The summed E-state index contributed by atoms with van der Waals surface area (Å²) in [7, 11) is 0. The highest BCUT2D eigenvalue weighted by Crippen LogP contribution is 2.21. The van der Waals surface area contributed by atoms with Crippen molar-refractivity contribution in [3.8, 4) is 0 Å². The van der Waals surface area contributed by atoms with Crippen molar-refractivity contribution >= 4 is 0 Å². The molecule has 0 radical (unpaired) electrons. The summed E-state index contributed by atoms with van der Waals surface area (Å²) in [5.41, 5.74) is 0.170. The Bertz CT molecular complexity index is 363. The van der Waals surface area contributed by atoms with E-state index in [9.17, 15) is 0 Å². The molecule has 4 nitrogen and oxygen atoms in total. The smallest absolute Gasteiger partial charge is 0.142 e. The molecule has 1 aliphatic rings. The van der Waals surface area contributed by atoms with Crippen LogP contribution in [0.3, 0.4) is 0 Å². The lowest BCUT2D eigenvalue weighted by Crippen LogP contribution is -2.61. The number of aromatic nitrogens is 2. The molecule has 2 rings (SSSR count). The van der Waals surface area contributed by atoms with Gasteiger partial charge in [0, 0.05) is 37.1 Å². The normalized spacial score (nSPS) is 24.1. The molecule has 18 heavy (non-hydrogen) atoms. The number of rotatable bonds is 4. The molecule has 0 aliphatic carbocycles. The first-order valence-electron chi connectivity index (χ1n) is 6.86. The second-order valence-corrected chi connectivity index (χ2v) is 5.72. The van der Waals surface area contributed by atoms with Gasteiger partial charge in [-0.2, -0.15) is 0 Å². The Hall–Kier alpha value is -1.00. The number of nitrogens with zero attached hydrogens (tertiary/aromatic N) is 3. The fourth-order valence-electron chi connectivity index (χ4n) is 2.49. The van der Waals surface area contributed by atoms with Gasteiger partial charge in [0.1, 0.15) is 5.82 Å². The standard InChI is InChI=1S/C14H24N4/c1-4-6-12-9-18(14(2,3)11-17-12)10-13-15-7-5-8-16-13/h5,7-8,12,17H,4,6,9-11H2,1-3H3. The Morgan fingerprint density at radius 1 is 1.39 bits per heavy atom. The third-order valence-electron chi connectivity index (χ3n) is 3.71. The number of hydrogen-bond acceptors (Lipinski definition) is 4. The van der Waals surface area contributed by atoms with Crippen molar-refractivity contribution < 1.29 is 0 Å². The maximum atomic E-state index is 4.34. The van der Waals surface area contributed by atoms with E-state index in [1.54, 1.807) is 0 Å². The summed E-state index contributed by atoms with van der Waals surface area (Å²) in [6.07, 6.45) is 6.11. The van der Waals surface area contributed by atoms with E-state index in [2.05, 4.69) is 41.0 Å². The highest BCUT2D eigenvalue weighted by atomic mass is 15.3. The van der Waals surface area contributed by atoms with Gasteiger partial charge in [-0.15, -0.1) is 0 Å². The minimum atomic E-state index is 0.170. The van der Waals surface area contributed by atoms with E-state index in [1.807, 2.05) is 18.5 Å². The van der Waals surface area contributed by atoms with Gasteiger partial charge in [-0.25, -0.2) is 9.97 Å². The lowest BCUT2D eigenvalue weighted by atomic mass is 9.96. The molecule has 1 aliphatic heterocycles. The van der Waals surface area contributed by atoms with Gasteiger partial charge in [-0.05, 0) is 26.3 Å². The SMILES string of the molecule is CCCC1CN(Cc2ncccn2)C(C)(C)CN1. The molecule has 0 saturated carbocycles. The fourth-order valence-corrected chi connectivity index (χ4v) is 2.49. The van der Waals surface area contributed by atoms with Gasteiger partial charge in [0.25, 0.3) is 0 Å². The lowest BCUT2D eigenvalue weighted by Gasteiger charge is -2.46. The van der Waals surface area contributed by atoms with Crippen molar-refractivity contribution in [1.29, 1.82) is 0 Å². The molecule has 0 spiro atoms. The summed E-state index contributed by atoms with van der Waals surface area (Å²) >= 11 is 0. The van der Waals surface area contributed by atoms with Crippen LogP contribution in [0.15, 0.2) is 18.5 Å². The zero-order chi connectivity index (χ0) is 13.0. The predicted octanol–water partition coefficient (Wildman–Crippen LogP) is 1.83. The van der Waals surface area contributed by atoms with E-state index < -0.39 is 0 Å². The van der Waals surface area contributed by atoms with Crippen LogP contribution in [0, 0.1) is 0 Å². The molecule has 2 heterocycles. The molecule has 1 aromatic heterocycles. The first-order chi connectivity index (χ1) is 8.62. The van der Waals surface area contributed by atoms with Crippen molar-refractivity contribution in [3.63, 3.8) is 0 Å². The topological polar surface area (TPSA) is 41.1 Å². The summed E-state index contributed by atoms with van der Waals surface area (Å²) < 4.78 is 0. The van der Waals surface area contributed by atoms with Crippen LogP contribution in [0.2, 0.25) is 0 Å². The third-order valence-corrected chi connectivity index (χ3v) is 3.71. The van der Waals surface area contributed by atoms with Gasteiger partial charge in [0.05, 0.1) is 6.54 Å². The van der Waals surface area contributed by atoms with Gasteiger partial charge in [-0.1, -0.05) is 13.3 Å². The summed E-state index contributed by atoms with van der Waals surface area (Å²) in [6, 6.07) is 2.47. The Morgan fingerprint density at radius 2 is 2.11 bits per heavy atom. The number of hydrogen-bond donors (Lipinski definition) is 1. The van der Waals surface area contributed by atoms with Crippen molar-refractivity contribution in [2.45, 2.75) is 51.7 Å². The summed E-state index contributed by atoms with van der Waals surface area (Å²) in [5.74, 6) is 0.919. The zero-order valence-corrected chi connectivity index (χ0v) is 11.7. The first-order valence-corrected chi connectivity index (χ1v) is 6.86. The lowest BCUT2D eigenvalue weighted by molar-refractivity contribution is 0.0539. The maximum Gasteiger partial charge on any atom is 0.142 e. The molecule has 0 bridgehead atoms. The zero-order valence-electron chi connectivity index (χ0n) is 11.7. The predicted molar refractivity (Wildman–Crippen MR) is 73.2 cm³/mol. The van der Waals surface area contributed by atoms with Crippen molar-refractivity contribution in [1.82, 2.24) is 20.2 Å². The third kappa shape index (κ3) is 3.27. The molecule has 1 aromatic rings. The van der Waals surface area contributed by atoms with Crippen molar-refractivity contribution in [2.24, 2.45) is 0 Å². The molecule has 100 valence electrons. The van der Waals surface area contributed by atoms with E-state index in [-0.39, 0.29) is 5.54 Å². The first kappa shape index (κ1) is 13.4. The van der Waals surface area contributed by atoms with Crippen molar-refractivity contribution in [3.05, 3.63) is 24.3 Å². The second-order valence-electron chi connectivity index (χ2n) is 5.72. The van der Waals surface area contributed by atoms with Crippen LogP contribution in [0.5, 0.6) is 0 Å². The maximum absolute atomic E-state index is 4.34. The van der Waals surface area contributed by atoms with Crippen molar-refractivity contribution in [2.75, 3.05) is 13.1 Å². The van der Waals surface area contributed by atoms with Crippen LogP contribution < -0.4 is 5.32 Å². The summed E-state index contributed by atoms with van der Waals surface area (Å²) in [4.78, 5) is 11.2. The average Bonchev–Trinajstić information content (AvgIpc) is 2.35. The summed E-state index contributed by atoms with van der Waals surface area (Å²) in [6.45, 7) is 9.77. The van der Waals surface area contributed by atoms with Gasteiger partial charge in [-0.3, -0.25) is 4.90 Å². The minimum absolute atomic E-state index is 0.170. The van der Waals surface area contributed by atoms with Crippen LogP contribution >= 0.6 is 0 Å². The highest BCUT2D eigenvalue weighted by Gasteiger charge is 2.33. The molecule has 1 N–H and O–H groups in total. The van der Waals surface area contributed by atoms with Crippen LogP contribution in [0.4, 0.5) is 0 Å². The van der Waals surface area contributed by atoms with Crippen LogP contribution in [0.1, 0.15) is 39.4 Å². The highest BCUT2D eigenvalue weighted by molar-refractivity contribution is 4.96.